The molecule has 50 heavy (non-hydrogen) atoms. The number of benzene rings is 4. The van der Waals surface area contributed by atoms with Gasteiger partial charge in [-0.1, -0.05) is 66.7 Å². The molecule has 8 nitrogen and oxygen atoms in total. The van der Waals surface area contributed by atoms with Crippen molar-refractivity contribution in [3.05, 3.63) is 127 Å². The number of nitrogens with zero attached hydrogens (tertiary/aromatic N) is 1. The molecule has 8 heteroatoms. The molecule has 0 bridgehead atoms. The number of pyridine rings is 1. The van der Waals surface area contributed by atoms with Gasteiger partial charge in [-0.05, 0) is 53.6 Å². The summed E-state index contributed by atoms with van der Waals surface area (Å²) in [5, 5.41) is 0. The first-order valence-corrected chi connectivity index (χ1v) is 17.2. The van der Waals surface area contributed by atoms with Crippen molar-refractivity contribution in [1.29, 1.82) is 0 Å². The van der Waals surface area contributed by atoms with Gasteiger partial charge in [-0.25, -0.2) is 0 Å². The fourth-order valence-corrected chi connectivity index (χ4v) is 5.81. The number of Topliss-reactive ketones (excluding diaryl/α,β-unsaturated/α-hetero) is 1. The predicted octanol–water partition coefficient (Wildman–Crippen LogP) is 7.09. The van der Waals surface area contributed by atoms with Crippen molar-refractivity contribution < 1.29 is 37.8 Å². The molecule has 0 unspecified atom stereocenters. The van der Waals surface area contributed by atoms with Gasteiger partial charge in [0.15, 0.2) is 23.8 Å². The van der Waals surface area contributed by atoms with E-state index in [2.05, 4.69) is 65.2 Å². The number of aromatic nitrogens is 1. The van der Waals surface area contributed by atoms with Crippen molar-refractivity contribution in [3.8, 4) is 45.1 Å². The van der Waals surface area contributed by atoms with E-state index >= 15 is 0 Å². The first-order chi connectivity index (χ1) is 24.8. The molecule has 258 valence electrons. The maximum atomic E-state index is 13.9. The Morgan fingerprint density at radius 3 is 1.40 bits per heavy atom. The maximum Gasteiger partial charge on any atom is 0.213 e. The van der Waals surface area contributed by atoms with Crippen LogP contribution < -0.4 is 14.0 Å². The summed E-state index contributed by atoms with van der Waals surface area (Å²) in [6.07, 6.45) is 0.285. The lowest BCUT2D eigenvalue weighted by molar-refractivity contribution is -0.674. The van der Waals surface area contributed by atoms with Crippen LogP contribution in [0.3, 0.4) is 0 Å². The summed E-state index contributed by atoms with van der Waals surface area (Å²) in [5.41, 5.74) is 7.04. The second-order valence-corrected chi connectivity index (χ2v) is 11.7. The van der Waals surface area contributed by atoms with E-state index in [0.29, 0.717) is 89.7 Å². The third-order valence-electron chi connectivity index (χ3n) is 8.33. The van der Waals surface area contributed by atoms with Crippen molar-refractivity contribution in [2.24, 2.45) is 0 Å². The smallest absolute Gasteiger partial charge is 0.213 e. The van der Waals surface area contributed by atoms with Gasteiger partial charge in [0.05, 0.1) is 59.3 Å². The quantitative estimate of drug-likeness (QED) is 0.135. The standard InChI is InChI=1S/C42H44NO7/c44-40(36-16-17-41-42(32-36)50-29-27-48-25-23-46-21-20-45-22-24-47-26-28-49-41)18-19-43-38(34-12-6-2-7-13-34)30-37(33-10-4-1-5-11-33)31-39(43)35-14-8-3-9-15-35/h1-17,30-32H,18-29H2/q+1. The molecule has 1 aliphatic rings. The number of hydrogen-bond donors (Lipinski definition) is 0. The highest BCUT2D eigenvalue weighted by atomic mass is 16.6. The number of ether oxygens (including phenoxy) is 6. The second kappa shape index (κ2) is 18.8. The Balaban J connectivity index is 1.26. The summed E-state index contributed by atoms with van der Waals surface area (Å²) in [5.74, 6) is 1.05. The Labute approximate surface area is 294 Å². The van der Waals surface area contributed by atoms with Crippen LogP contribution in [0.1, 0.15) is 16.8 Å². The third-order valence-corrected chi connectivity index (χ3v) is 8.33. The van der Waals surface area contributed by atoms with Gasteiger partial charge < -0.3 is 28.4 Å². The highest BCUT2D eigenvalue weighted by Crippen LogP contribution is 2.31. The van der Waals surface area contributed by atoms with Crippen LogP contribution in [0.2, 0.25) is 0 Å². The van der Waals surface area contributed by atoms with Crippen molar-refractivity contribution in [1.82, 2.24) is 0 Å². The summed E-state index contributed by atoms with van der Waals surface area (Å²) in [6.45, 7) is 4.80. The first-order valence-electron chi connectivity index (χ1n) is 17.2. The molecule has 0 N–H and O–H groups in total. The van der Waals surface area contributed by atoms with Gasteiger partial charge in [0.1, 0.15) is 13.2 Å². The minimum absolute atomic E-state index is 0.00486. The van der Waals surface area contributed by atoms with E-state index in [4.69, 9.17) is 28.4 Å². The van der Waals surface area contributed by atoms with Gasteiger partial charge in [-0.3, -0.25) is 4.79 Å². The highest BCUT2D eigenvalue weighted by Gasteiger charge is 2.24. The summed E-state index contributed by atoms with van der Waals surface area (Å²) >= 11 is 0. The molecule has 4 aromatic carbocycles. The number of ketones is 1. The largest absolute Gasteiger partial charge is 0.487 e. The average Bonchev–Trinajstić information content (AvgIpc) is 3.17. The van der Waals surface area contributed by atoms with Crippen LogP contribution in [0, 0.1) is 0 Å². The molecular weight excluding hydrogens is 630 g/mol. The Morgan fingerprint density at radius 2 is 0.900 bits per heavy atom. The minimum Gasteiger partial charge on any atom is -0.487 e. The number of carbonyl (C=O) groups is 1. The van der Waals surface area contributed by atoms with E-state index in [-0.39, 0.29) is 12.2 Å². The van der Waals surface area contributed by atoms with E-state index in [0.717, 1.165) is 33.6 Å². The molecule has 0 spiro atoms. The molecule has 0 amide bonds. The molecule has 0 fully saturated rings. The second-order valence-electron chi connectivity index (χ2n) is 11.7. The molecule has 0 saturated carbocycles. The van der Waals surface area contributed by atoms with Gasteiger partial charge in [0.2, 0.25) is 11.4 Å². The summed E-state index contributed by atoms with van der Waals surface area (Å²) in [7, 11) is 0. The van der Waals surface area contributed by atoms with E-state index in [1.807, 2.05) is 42.5 Å². The summed E-state index contributed by atoms with van der Waals surface area (Å²) in [6, 6.07) is 40.9. The average molecular weight is 675 g/mol. The maximum absolute atomic E-state index is 13.9. The van der Waals surface area contributed by atoms with Gasteiger partial charge in [0, 0.05) is 28.8 Å². The van der Waals surface area contributed by atoms with Crippen LogP contribution in [0.4, 0.5) is 0 Å². The Morgan fingerprint density at radius 1 is 0.460 bits per heavy atom. The van der Waals surface area contributed by atoms with Gasteiger partial charge in [-0.15, -0.1) is 0 Å². The summed E-state index contributed by atoms with van der Waals surface area (Å²) in [4.78, 5) is 13.9. The van der Waals surface area contributed by atoms with Crippen molar-refractivity contribution in [2.45, 2.75) is 13.0 Å². The normalized spacial score (nSPS) is 15.0. The third kappa shape index (κ3) is 9.86. The van der Waals surface area contributed by atoms with Crippen LogP contribution >= 0.6 is 0 Å². The van der Waals surface area contributed by atoms with E-state index in [9.17, 15) is 4.79 Å². The topological polar surface area (TPSA) is 76.3 Å². The van der Waals surface area contributed by atoms with Crippen molar-refractivity contribution >= 4 is 5.78 Å². The lowest BCUT2D eigenvalue weighted by Crippen LogP contribution is -2.40. The zero-order chi connectivity index (χ0) is 34.2. The molecule has 0 aliphatic carbocycles. The SMILES string of the molecule is O=C(CC[n+]1c(-c2ccccc2)cc(-c2ccccc2)cc1-c1ccccc1)c1ccc2c(c1)OCCOCCOCCOCCOCCO2. The molecule has 2 heterocycles. The molecule has 1 aliphatic heterocycles. The van der Waals surface area contributed by atoms with Gasteiger partial charge in [0.25, 0.3) is 0 Å². The molecule has 0 radical (unpaired) electrons. The van der Waals surface area contributed by atoms with E-state index in [1.54, 1.807) is 18.2 Å². The molecule has 0 saturated heterocycles. The molecular formula is C42H44NO7+. The van der Waals surface area contributed by atoms with Crippen LogP contribution in [0.25, 0.3) is 33.6 Å². The molecule has 5 aromatic rings. The molecule has 0 atom stereocenters. The number of fused-ring (bicyclic) bond motifs is 1. The Bertz CT molecular complexity index is 1720. The molecule has 6 rings (SSSR count). The Hall–Kier alpha value is -4.86. The fraction of sp³-hybridized carbons (Fsp3) is 0.286. The van der Waals surface area contributed by atoms with E-state index in [1.165, 1.54) is 0 Å². The Kier molecular flexibility index (Phi) is 13.1. The predicted molar refractivity (Wildman–Crippen MR) is 193 cm³/mol. The number of carbonyl (C=O) groups excluding carboxylic acids is 1. The van der Waals surface area contributed by atoms with Crippen LogP contribution in [0.5, 0.6) is 11.5 Å². The van der Waals surface area contributed by atoms with E-state index < -0.39 is 0 Å². The van der Waals surface area contributed by atoms with Crippen LogP contribution in [-0.2, 0) is 25.5 Å². The van der Waals surface area contributed by atoms with Gasteiger partial charge >= 0.3 is 0 Å². The van der Waals surface area contributed by atoms with Crippen LogP contribution in [-0.4, -0.2) is 71.9 Å². The minimum atomic E-state index is 0.00486. The fourth-order valence-electron chi connectivity index (χ4n) is 5.81. The lowest BCUT2D eigenvalue weighted by atomic mass is 9.98. The zero-order valence-electron chi connectivity index (χ0n) is 28.3. The van der Waals surface area contributed by atoms with Gasteiger partial charge in [-0.2, -0.15) is 4.57 Å². The van der Waals surface area contributed by atoms with Crippen molar-refractivity contribution in [2.75, 3.05) is 66.1 Å². The number of rotatable bonds is 7. The monoisotopic (exact) mass is 674 g/mol. The lowest BCUT2D eigenvalue weighted by Gasteiger charge is -2.15. The first kappa shape index (κ1) is 35.0. The van der Waals surface area contributed by atoms with Crippen molar-refractivity contribution in [3.63, 3.8) is 0 Å². The molecule has 1 aromatic heterocycles. The zero-order valence-corrected chi connectivity index (χ0v) is 28.3. The summed E-state index contributed by atoms with van der Waals surface area (Å²) < 4.78 is 36.7. The van der Waals surface area contributed by atoms with Crippen LogP contribution in [0.15, 0.2) is 121 Å². The number of hydrogen-bond acceptors (Lipinski definition) is 7. The highest BCUT2D eigenvalue weighted by molar-refractivity contribution is 5.96.